The number of carbonyl (C=O) groups excluding carboxylic acids is 1. The van der Waals surface area contributed by atoms with Crippen LogP contribution in [-0.2, 0) is 0 Å². The van der Waals surface area contributed by atoms with Crippen LogP contribution in [0.5, 0.6) is 0 Å². The van der Waals surface area contributed by atoms with Crippen molar-refractivity contribution in [1.82, 2.24) is 19.8 Å². The van der Waals surface area contributed by atoms with E-state index in [1.165, 1.54) is 6.33 Å². The topological polar surface area (TPSA) is 69.6 Å². The highest BCUT2D eigenvalue weighted by molar-refractivity contribution is 5.92. The molecule has 2 rings (SSSR count). The molecule has 0 aromatic carbocycles. The molecule has 1 aliphatic heterocycles. The lowest BCUT2D eigenvalue weighted by Gasteiger charge is -2.41. The van der Waals surface area contributed by atoms with Crippen LogP contribution in [0.4, 0.5) is 0 Å². The second-order valence-electron chi connectivity index (χ2n) is 5.99. The van der Waals surface area contributed by atoms with E-state index in [9.17, 15) is 9.90 Å². The first-order valence-electron chi connectivity index (χ1n) is 6.88. The highest BCUT2D eigenvalue weighted by Gasteiger charge is 2.30. The van der Waals surface area contributed by atoms with Crippen molar-refractivity contribution in [3.8, 4) is 0 Å². The van der Waals surface area contributed by atoms with Crippen LogP contribution < -0.4 is 0 Å². The van der Waals surface area contributed by atoms with Crippen molar-refractivity contribution in [2.75, 3.05) is 26.2 Å². The van der Waals surface area contributed by atoms with Crippen LogP contribution in [0.15, 0.2) is 18.6 Å². The first kappa shape index (κ1) is 14.9. The monoisotopic (exact) mass is 278 g/mol. The fourth-order valence-corrected chi connectivity index (χ4v) is 2.59. The summed E-state index contributed by atoms with van der Waals surface area (Å²) in [5, 5.41) is 9.87. The molecule has 1 aliphatic rings. The molecule has 110 valence electrons. The van der Waals surface area contributed by atoms with E-state index < -0.39 is 5.60 Å². The molecule has 1 N–H and O–H groups in total. The molecule has 6 nitrogen and oxygen atoms in total. The van der Waals surface area contributed by atoms with Gasteiger partial charge in [0, 0.05) is 38.4 Å². The second kappa shape index (κ2) is 5.85. The number of rotatable bonds is 3. The number of piperazine rings is 1. The molecule has 0 radical (unpaired) electrons. The van der Waals surface area contributed by atoms with E-state index in [0.717, 1.165) is 13.1 Å². The van der Waals surface area contributed by atoms with Gasteiger partial charge in [-0.25, -0.2) is 9.97 Å². The zero-order chi connectivity index (χ0) is 14.8. The smallest absolute Gasteiger partial charge is 0.272 e. The van der Waals surface area contributed by atoms with Crippen LogP contribution in [-0.4, -0.2) is 68.6 Å². The average molecular weight is 278 g/mol. The molecule has 6 heteroatoms. The van der Waals surface area contributed by atoms with Crippen molar-refractivity contribution < 1.29 is 9.90 Å². The Morgan fingerprint density at radius 3 is 2.80 bits per heavy atom. The number of carbonyl (C=O) groups is 1. The quantitative estimate of drug-likeness (QED) is 0.866. The maximum atomic E-state index is 12.4. The zero-order valence-corrected chi connectivity index (χ0v) is 12.3. The van der Waals surface area contributed by atoms with Gasteiger partial charge in [-0.05, 0) is 26.8 Å². The predicted octanol–water partition coefficient (Wildman–Crippen LogP) is 0.394. The third kappa shape index (κ3) is 3.74. The van der Waals surface area contributed by atoms with E-state index in [1.807, 2.05) is 11.8 Å². The summed E-state index contributed by atoms with van der Waals surface area (Å²) in [6, 6.07) is 1.74. The average Bonchev–Trinajstić information content (AvgIpc) is 2.37. The maximum absolute atomic E-state index is 12.4. The van der Waals surface area contributed by atoms with Gasteiger partial charge < -0.3 is 10.0 Å². The van der Waals surface area contributed by atoms with Gasteiger partial charge in [0.25, 0.3) is 5.91 Å². The van der Waals surface area contributed by atoms with Crippen molar-refractivity contribution >= 4 is 5.91 Å². The van der Waals surface area contributed by atoms with Gasteiger partial charge in [0.2, 0.25) is 0 Å². The Morgan fingerprint density at radius 2 is 2.25 bits per heavy atom. The highest BCUT2D eigenvalue weighted by Crippen LogP contribution is 2.15. The second-order valence-corrected chi connectivity index (χ2v) is 5.99. The Kier molecular flexibility index (Phi) is 4.35. The van der Waals surface area contributed by atoms with E-state index in [4.69, 9.17) is 0 Å². The van der Waals surface area contributed by atoms with Gasteiger partial charge >= 0.3 is 0 Å². The fraction of sp³-hybridized carbons (Fsp3) is 0.643. The van der Waals surface area contributed by atoms with Gasteiger partial charge in [0.05, 0.1) is 5.60 Å². The Balaban J connectivity index is 1.98. The molecule has 1 fully saturated rings. The molecular formula is C14H22N4O2. The SMILES string of the molecule is CC1CN(CC(C)(C)O)CCN1C(=O)c1ccncn1. The van der Waals surface area contributed by atoms with E-state index in [0.29, 0.717) is 18.8 Å². The molecule has 2 heterocycles. The number of hydrogen-bond acceptors (Lipinski definition) is 5. The zero-order valence-electron chi connectivity index (χ0n) is 12.3. The van der Waals surface area contributed by atoms with Crippen LogP contribution in [0.2, 0.25) is 0 Å². The number of amides is 1. The van der Waals surface area contributed by atoms with Gasteiger partial charge in [0.1, 0.15) is 12.0 Å². The minimum Gasteiger partial charge on any atom is -0.389 e. The standard InChI is InChI=1S/C14H22N4O2/c1-11-8-17(9-14(2,3)20)6-7-18(11)13(19)12-4-5-15-10-16-12/h4-5,10-11,20H,6-9H2,1-3H3. The van der Waals surface area contributed by atoms with E-state index in [-0.39, 0.29) is 11.9 Å². The molecule has 1 amide bonds. The lowest BCUT2D eigenvalue weighted by molar-refractivity contribution is 0.00560. The molecule has 1 saturated heterocycles. The van der Waals surface area contributed by atoms with Crippen molar-refractivity contribution in [3.05, 3.63) is 24.3 Å². The summed E-state index contributed by atoms with van der Waals surface area (Å²) in [5.41, 5.74) is -0.277. The molecular weight excluding hydrogens is 256 g/mol. The minimum atomic E-state index is -0.710. The number of nitrogens with zero attached hydrogens (tertiary/aromatic N) is 4. The van der Waals surface area contributed by atoms with Crippen LogP contribution in [0.3, 0.4) is 0 Å². The summed E-state index contributed by atoms with van der Waals surface area (Å²) in [6.45, 7) is 8.43. The van der Waals surface area contributed by atoms with Crippen molar-refractivity contribution in [2.24, 2.45) is 0 Å². The summed E-state index contributed by atoms with van der Waals surface area (Å²) in [6.07, 6.45) is 2.97. The Bertz CT molecular complexity index is 458. The molecule has 1 aromatic rings. The lowest BCUT2D eigenvalue weighted by atomic mass is 10.1. The van der Waals surface area contributed by atoms with Gasteiger partial charge in [-0.1, -0.05) is 0 Å². The Hall–Kier alpha value is -1.53. The summed E-state index contributed by atoms with van der Waals surface area (Å²) >= 11 is 0. The third-order valence-corrected chi connectivity index (χ3v) is 3.38. The van der Waals surface area contributed by atoms with Gasteiger partial charge in [-0.15, -0.1) is 0 Å². The number of aliphatic hydroxyl groups is 1. The van der Waals surface area contributed by atoms with E-state index in [2.05, 4.69) is 14.9 Å². The minimum absolute atomic E-state index is 0.0530. The third-order valence-electron chi connectivity index (χ3n) is 3.38. The number of aromatic nitrogens is 2. The fourth-order valence-electron chi connectivity index (χ4n) is 2.59. The number of β-amino-alcohol motifs (C(OH)–C–C–N with tert-alkyl or cyclic N) is 1. The van der Waals surface area contributed by atoms with Crippen LogP contribution >= 0.6 is 0 Å². The van der Waals surface area contributed by atoms with Crippen LogP contribution in [0.25, 0.3) is 0 Å². The summed E-state index contributed by atoms with van der Waals surface area (Å²) < 4.78 is 0. The number of hydrogen-bond donors (Lipinski definition) is 1. The first-order valence-corrected chi connectivity index (χ1v) is 6.88. The van der Waals surface area contributed by atoms with Gasteiger partial charge in [0.15, 0.2) is 0 Å². The lowest BCUT2D eigenvalue weighted by Crippen LogP contribution is -2.56. The van der Waals surface area contributed by atoms with Crippen LogP contribution in [0.1, 0.15) is 31.3 Å². The molecule has 0 bridgehead atoms. The molecule has 1 atom stereocenters. The van der Waals surface area contributed by atoms with Gasteiger partial charge in [-0.2, -0.15) is 0 Å². The van der Waals surface area contributed by atoms with E-state index in [1.54, 1.807) is 26.1 Å². The normalized spacial score (nSPS) is 21.0. The maximum Gasteiger partial charge on any atom is 0.272 e. The molecule has 0 aliphatic carbocycles. The predicted molar refractivity (Wildman–Crippen MR) is 75.3 cm³/mol. The summed E-state index contributed by atoms with van der Waals surface area (Å²) in [4.78, 5) is 24.2. The van der Waals surface area contributed by atoms with Crippen molar-refractivity contribution in [1.29, 1.82) is 0 Å². The Labute approximate surface area is 119 Å². The van der Waals surface area contributed by atoms with Gasteiger partial charge in [-0.3, -0.25) is 9.69 Å². The molecule has 0 saturated carbocycles. The largest absolute Gasteiger partial charge is 0.389 e. The van der Waals surface area contributed by atoms with Crippen molar-refractivity contribution in [3.63, 3.8) is 0 Å². The molecule has 20 heavy (non-hydrogen) atoms. The molecule has 1 aromatic heterocycles. The molecule has 0 spiro atoms. The van der Waals surface area contributed by atoms with E-state index >= 15 is 0 Å². The first-order chi connectivity index (χ1) is 9.37. The molecule has 1 unspecified atom stereocenters. The van der Waals surface area contributed by atoms with Crippen molar-refractivity contribution in [2.45, 2.75) is 32.4 Å². The van der Waals surface area contributed by atoms with Crippen LogP contribution in [0, 0.1) is 0 Å². The highest BCUT2D eigenvalue weighted by atomic mass is 16.3. The summed E-state index contributed by atoms with van der Waals surface area (Å²) in [7, 11) is 0. The summed E-state index contributed by atoms with van der Waals surface area (Å²) in [5.74, 6) is -0.0530. The Morgan fingerprint density at radius 1 is 1.50 bits per heavy atom.